The van der Waals surface area contributed by atoms with Gasteiger partial charge >= 0.3 is 0 Å². The second-order valence-electron chi connectivity index (χ2n) is 4.24. The number of hydrogen-bond donors (Lipinski definition) is 1. The van der Waals surface area contributed by atoms with E-state index in [1.165, 1.54) is 0 Å². The summed E-state index contributed by atoms with van der Waals surface area (Å²) >= 11 is 6.21. The fourth-order valence-corrected chi connectivity index (χ4v) is 2.26. The normalized spacial score (nSPS) is 15.1. The highest BCUT2D eigenvalue weighted by atomic mass is 35.5. The Balaban J connectivity index is 2.87. The second-order valence-corrected chi connectivity index (χ2v) is 4.64. The van der Waals surface area contributed by atoms with Crippen LogP contribution >= 0.6 is 11.6 Å². The molecular weight excluding hydrogens is 222 g/mol. The van der Waals surface area contributed by atoms with Crippen LogP contribution in [0.4, 0.5) is 0 Å². The maximum absolute atomic E-state index is 6.21. The molecule has 0 saturated heterocycles. The lowest BCUT2D eigenvalue weighted by atomic mass is 9.99. The summed E-state index contributed by atoms with van der Waals surface area (Å²) in [5.41, 5.74) is 1.15. The van der Waals surface area contributed by atoms with E-state index in [1.54, 1.807) is 6.20 Å². The molecule has 2 unspecified atom stereocenters. The quantitative estimate of drug-likeness (QED) is 0.832. The largest absolute Gasteiger partial charge is 0.314 e. The van der Waals surface area contributed by atoms with Gasteiger partial charge < -0.3 is 5.32 Å². The minimum atomic E-state index is 0.376. The van der Waals surface area contributed by atoms with E-state index in [2.05, 4.69) is 38.1 Å². The van der Waals surface area contributed by atoms with Crippen LogP contribution in [0.15, 0.2) is 6.20 Å². The summed E-state index contributed by atoms with van der Waals surface area (Å²) < 4.78 is 2.03. The van der Waals surface area contributed by atoms with Crippen molar-refractivity contribution in [2.24, 2.45) is 0 Å². The fourth-order valence-electron chi connectivity index (χ4n) is 1.95. The van der Waals surface area contributed by atoms with E-state index in [0.29, 0.717) is 12.0 Å². The molecule has 0 radical (unpaired) electrons. The van der Waals surface area contributed by atoms with Gasteiger partial charge in [-0.05, 0) is 19.9 Å². The Morgan fingerprint density at radius 3 is 2.69 bits per heavy atom. The summed E-state index contributed by atoms with van der Waals surface area (Å²) in [6.07, 6.45) is 2.83. The van der Waals surface area contributed by atoms with E-state index in [4.69, 9.17) is 11.6 Å². The summed E-state index contributed by atoms with van der Waals surface area (Å²) in [4.78, 5) is 0. The highest BCUT2D eigenvalue weighted by Gasteiger charge is 2.20. The maximum Gasteiger partial charge on any atom is 0.0821 e. The van der Waals surface area contributed by atoms with Gasteiger partial charge in [0.1, 0.15) is 0 Å². The van der Waals surface area contributed by atoms with Gasteiger partial charge in [-0.1, -0.05) is 32.4 Å². The lowest BCUT2D eigenvalue weighted by Gasteiger charge is -2.22. The van der Waals surface area contributed by atoms with Gasteiger partial charge in [0.05, 0.1) is 16.9 Å². The number of aryl methyl sites for hydroxylation is 1. The maximum atomic E-state index is 6.21. The van der Waals surface area contributed by atoms with Gasteiger partial charge in [-0.15, -0.1) is 0 Å². The number of hydrogen-bond acceptors (Lipinski definition) is 2. The average Bonchev–Trinajstić information content (AvgIpc) is 2.60. The Morgan fingerprint density at radius 2 is 2.12 bits per heavy atom. The number of nitrogens with zero attached hydrogens (tertiary/aromatic N) is 2. The van der Waals surface area contributed by atoms with Crippen LogP contribution in [0.25, 0.3) is 0 Å². The molecule has 0 bridgehead atoms. The molecular formula is C12H22ClN3. The van der Waals surface area contributed by atoms with E-state index in [9.17, 15) is 0 Å². The highest BCUT2D eigenvalue weighted by Crippen LogP contribution is 2.26. The average molecular weight is 244 g/mol. The van der Waals surface area contributed by atoms with Crippen LogP contribution in [0.1, 0.15) is 45.7 Å². The predicted octanol–water partition coefficient (Wildman–Crippen LogP) is 3.05. The van der Waals surface area contributed by atoms with Crippen molar-refractivity contribution in [1.82, 2.24) is 15.1 Å². The molecule has 0 aliphatic rings. The van der Waals surface area contributed by atoms with E-state index in [0.717, 1.165) is 30.2 Å². The number of likely N-dealkylation sites (N-methyl/N-ethyl adjacent to an activating group) is 1. The molecule has 0 spiro atoms. The van der Waals surface area contributed by atoms with Crippen molar-refractivity contribution in [2.75, 3.05) is 6.54 Å². The number of nitrogens with one attached hydrogen (secondary N) is 1. The third-order valence-electron chi connectivity index (χ3n) is 2.98. The molecule has 0 aliphatic carbocycles. The van der Waals surface area contributed by atoms with Gasteiger partial charge in [0, 0.05) is 18.5 Å². The Morgan fingerprint density at radius 1 is 1.44 bits per heavy atom. The van der Waals surface area contributed by atoms with Crippen molar-refractivity contribution in [3.05, 3.63) is 16.9 Å². The minimum absolute atomic E-state index is 0.376. The van der Waals surface area contributed by atoms with E-state index >= 15 is 0 Å². The molecule has 1 aromatic rings. The molecule has 0 aromatic carbocycles. The van der Waals surface area contributed by atoms with Crippen molar-refractivity contribution in [1.29, 1.82) is 0 Å². The van der Waals surface area contributed by atoms with Crippen LogP contribution < -0.4 is 5.32 Å². The van der Waals surface area contributed by atoms with Gasteiger partial charge in [-0.2, -0.15) is 5.10 Å². The molecule has 4 heteroatoms. The summed E-state index contributed by atoms with van der Waals surface area (Å²) in [5.74, 6) is 0.376. The van der Waals surface area contributed by atoms with Crippen molar-refractivity contribution in [2.45, 2.75) is 52.6 Å². The van der Waals surface area contributed by atoms with Gasteiger partial charge in [0.25, 0.3) is 0 Å². The predicted molar refractivity (Wildman–Crippen MR) is 69.1 cm³/mol. The van der Waals surface area contributed by atoms with Crippen molar-refractivity contribution >= 4 is 11.6 Å². The first-order valence-electron chi connectivity index (χ1n) is 6.06. The van der Waals surface area contributed by atoms with Gasteiger partial charge in [0.15, 0.2) is 0 Å². The highest BCUT2D eigenvalue weighted by molar-refractivity contribution is 6.31. The Hall–Kier alpha value is -0.540. The number of halogens is 1. The Bertz CT molecular complexity index is 322. The molecule has 0 aliphatic heterocycles. The molecule has 1 N–H and O–H groups in total. The van der Waals surface area contributed by atoms with Crippen LogP contribution in [0.2, 0.25) is 5.02 Å². The Labute approximate surface area is 103 Å². The summed E-state index contributed by atoms with van der Waals surface area (Å²) in [5, 5.41) is 8.54. The van der Waals surface area contributed by atoms with Crippen LogP contribution in [-0.2, 0) is 6.54 Å². The molecule has 0 amide bonds. The second kappa shape index (κ2) is 6.26. The van der Waals surface area contributed by atoms with Gasteiger partial charge in [0.2, 0.25) is 0 Å². The van der Waals surface area contributed by atoms with Crippen LogP contribution in [0.5, 0.6) is 0 Å². The molecule has 92 valence electrons. The SMILES string of the molecule is CCCn1ncc(Cl)c1C(C)C(C)NCC. The van der Waals surface area contributed by atoms with Crippen LogP contribution in [-0.4, -0.2) is 22.4 Å². The molecule has 16 heavy (non-hydrogen) atoms. The molecule has 3 nitrogen and oxygen atoms in total. The topological polar surface area (TPSA) is 29.9 Å². The zero-order valence-corrected chi connectivity index (χ0v) is 11.4. The van der Waals surface area contributed by atoms with E-state index in [-0.39, 0.29) is 0 Å². The summed E-state index contributed by atoms with van der Waals surface area (Å²) in [7, 11) is 0. The van der Waals surface area contributed by atoms with E-state index < -0.39 is 0 Å². The Kier molecular flexibility index (Phi) is 5.29. The smallest absolute Gasteiger partial charge is 0.0821 e. The van der Waals surface area contributed by atoms with Crippen LogP contribution in [0, 0.1) is 0 Å². The van der Waals surface area contributed by atoms with Gasteiger partial charge in [-0.3, -0.25) is 4.68 Å². The third-order valence-corrected chi connectivity index (χ3v) is 3.27. The summed E-state index contributed by atoms with van der Waals surface area (Å²) in [6, 6.07) is 0.412. The first-order chi connectivity index (χ1) is 7.61. The minimum Gasteiger partial charge on any atom is -0.314 e. The molecule has 0 fully saturated rings. The van der Waals surface area contributed by atoms with Crippen molar-refractivity contribution < 1.29 is 0 Å². The molecule has 1 rings (SSSR count). The summed E-state index contributed by atoms with van der Waals surface area (Å²) in [6.45, 7) is 10.6. The first kappa shape index (κ1) is 13.5. The molecule has 2 atom stereocenters. The molecule has 1 aromatic heterocycles. The number of rotatable bonds is 6. The molecule has 0 saturated carbocycles. The lowest BCUT2D eigenvalue weighted by molar-refractivity contribution is 0.455. The van der Waals surface area contributed by atoms with Crippen molar-refractivity contribution in [3.8, 4) is 0 Å². The lowest BCUT2D eigenvalue weighted by Crippen LogP contribution is -2.31. The van der Waals surface area contributed by atoms with Crippen LogP contribution in [0.3, 0.4) is 0 Å². The first-order valence-corrected chi connectivity index (χ1v) is 6.44. The fraction of sp³-hybridized carbons (Fsp3) is 0.750. The monoisotopic (exact) mass is 243 g/mol. The number of aromatic nitrogens is 2. The standard InChI is InChI=1S/C12H22ClN3/c1-5-7-16-12(11(13)8-15-16)9(3)10(4)14-6-2/h8-10,14H,5-7H2,1-4H3. The third kappa shape index (κ3) is 2.98. The molecule has 1 heterocycles. The zero-order chi connectivity index (χ0) is 12.1. The van der Waals surface area contributed by atoms with E-state index in [1.807, 2.05) is 4.68 Å². The van der Waals surface area contributed by atoms with Gasteiger partial charge in [-0.25, -0.2) is 0 Å². The zero-order valence-electron chi connectivity index (χ0n) is 10.6. The van der Waals surface area contributed by atoms with Crippen molar-refractivity contribution in [3.63, 3.8) is 0 Å².